The fourth-order valence-electron chi connectivity index (χ4n) is 0.955. The average Bonchev–Trinajstić information content (AvgIpc) is 2.03. The van der Waals surface area contributed by atoms with Gasteiger partial charge in [0.05, 0.1) is 11.8 Å². The van der Waals surface area contributed by atoms with Crippen molar-refractivity contribution in [2.75, 3.05) is 7.11 Å². The van der Waals surface area contributed by atoms with Crippen molar-refractivity contribution in [3.8, 4) is 0 Å². The van der Waals surface area contributed by atoms with Crippen LogP contribution < -0.4 is 0 Å². The predicted molar refractivity (Wildman–Crippen MR) is 52.1 cm³/mol. The molecule has 1 atom stereocenters. The molecule has 0 amide bonds. The first-order valence-corrected chi connectivity index (χ1v) is 4.59. The van der Waals surface area contributed by atoms with Gasteiger partial charge in [-0.25, -0.2) is 0 Å². The highest BCUT2D eigenvalue weighted by atomic mass is 79.9. The molecule has 1 aromatic heterocycles. The Labute approximate surface area is 81.1 Å². The SMILES string of the molecule is COC(C)c1ncc(C)cc1Br. The Kier molecular flexibility index (Phi) is 3.23. The van der Waals surface area contributed by atoms with Gasteiger partial charge in [0.15, 0.2) is 0 Å². The van der Waals surface area contributed by atoms with E-state index < -0.39 is 0 Å². The zero-order chi connectivity index (χ0) is 9.14. The number of halogens is 1. The topological polar surface area (TPSA) is 22.1 Å². The van der Waals surface area contributed by atoms with E-state index in [0.717, 1.165) is 15.7 Å². The van der Waals surface area contributed by atoms with Crippen LogP contribution in [0.4, 0.5) is 0 Å². The first kappa shape index (κ1) is 9.68. The normalized spacial score (nSPS) is 13.0. The molecule has 12 heavy (non-hydrogen) atoms. The van der Waals surface area contributed by atoms with E-state index >= 15 is 0 Å². The molecule has 0 bridgehead atoms. The lowest BCUT2D eigenvalue weighted by atomic mass is 10.2. The standard InChI is InChI=1S/C9H12BrNO/c1-6-4-8(10)9(11-5-6)7(2)12-3/h4-5,7H,1-3H3. The minimum Gasteiger partial charge on any atom is -0.375 e. The minimum absolute atomic E-state index is 0.0416. The third-order valence-corrected chi connectivity index (χ3v) is 2.38. The number of ether oxygens (including phenoxy) is 1. The second-order valence-electron chi connectivity index (χ2n) is 2.76. The van der Waals surface area contributed by atoms with Gasteiger partial charge in [-0.2, -0.15) is 0 Å². The van der Waals surface area contributed by atoms with Crippen LogP contribution >= 0.6 is 15.9 Å². The third-order valence-electron chi connectivity index (χ3n) is 1.74. The van der Waals surface area contributed by atoms with Crippen molar-refractivity contribution in [1.82, 2.24) is 4.98 Å². The fourth-order valence-corrected chi connectivity index (χ4v) is 1.74. The second kappa shape index (κ2) is 4.01. The van der Waals surface area contributed by atoms with Crippen LogP contribution in [0.5, 0.6) is 0 Å². The molecule has 0 aliphatic carbocycles. The molecule has 0 spiro atoms. The number of methoxy groups -OCH3 is 1. The molecule has 0 aliphatic rings. The van der Waals surface area contributed by atoms with Gasteiger partial charge in [0.25, 0.3) is 0 Å². The number of hydrogen-bond donors (Lipinski definition) is 0. The monoisotopic (exact) mass is 229 g/mol. The summed E-state index contributed by atoms with van der Waals surface area (Å²) < 4.78 is 6.18. The largest absolute Gasteiger partial charge is 0.375 e. The van der Waals surface area contributed by atoms with Crippen LogP contribution in [0.3, 0.4) is 0 Å². The number of aromatic nitrogens is 1. The molecule has 0 fully saturated rings. The van der Waals surface area contributed by atoms with Gasteiger partial charge in [-0.3, -0.25) is 4.98 Å². The van der Waals surface area contributed by atoms with E-state index in [-0.39, 0.29) is 6.10 Å². The van der Waals surface area contributed by atoms with Crippen molar-refractivity contribution in [2.24, 2.45) is 0 Å². The van der Waals surface area contributed by atoms with Crippen molar-refractivity contribution < 1.29 is 4.74 Å². The fraction of sp³-hybridized carbons (Fsp3) is 0.444. The number of nitrogens with zero attached hydrogens (tertiary/aromatic N) is 1. The lowest BCUT2D eigenvalue weighted by Gasteiger charge is -2.10. The van der Waals surface area contributed by atoms with E-state index in [1.165, 1.54) is 0 Å². The quantitative estimate of drug-likeness (QED) is 0.779. The van der Waals surface area contributed by atoms with Crippen molar-refractivity contribution >= 4 is 15.9 Å². The van der Waals surface area contributed by atoms with E-state index in [0.29, 0.717) is 0 Å². The summed E-state index contributed by atoms with van der Waals surface area (Å²) in [7, 11) is 1.68. The van der Waals surface area contributed by atoms with Crippen LogP contribution in [-0.4, -0.2) is 12.1 Å². The van der Waals surface area contributed by atoms with Gasteiger partial charge in [0.1, 0.15) is 0 Å². The van der Waals surface area contributed by atoms with Crippen LogP contribution in [0, 0.1) is 6.92 Å². The van der Waals surface area contributed by atoms with Gasteiger partial charge in [0.2, 0.25) is 0 Å². The Balaban J connectivity index is 3.01. The van der Waals surface area contributed by atoms with Gasteiger partial charge in [0, 0.05) is 17.8 Å². The van der Waals surface area contributed by atoms with E-state index in [4.69, 9.17) is 4.74 Å². The van der Waals surface area contributed by atoms with Gasteiger partial charge in [-0.1, -0.05) is 0 Å². The molecule has 66 valence electrons. The van der Waals surface area contributed by atoms with Crippen LogP contribution in [0.2, 0.25) is 0 Å². The van der Waals surface area contributed by atoms with E-state index in [1.54, 1.807) is 7.11 Å². The summed E-state index contributed by atoms with van der Waals surface area (Å²) in [4.78, 5) is 4.28. The minimum atomic E-state index is 0.0416. The molecule has 0 aromatic carbocycles. The summed E-state index contributed by atoms with van der Waals surface area (Å²) in [5.74, 6) is 0. The molecule has 1 heterocycles. The Bertz CT molecular complexity index is 275. The maximum Gasteiger partial charge on any atom is 0.0974 e. The Morgan fingerprint density at radius 3 is 2.75 bits per heavy atom. The average molecular weight is 230 g/mol. The molecule has 2 nitrogen and oxygen atoms in total. The highest BCUT2D eigenvalue weighted by Crippen LogP contribution is 2.23. The van der Waals surface area contributed by atoms with Crippen molar-refractivity contribution in [2.45, 2.75) is 20.0 Å². The summed E-state index contributed by atoms with van der Waals surface area (Å²) in [6, 6.07) is 2.04. The van der Waals surface area contributed by atoms with Gasteiger partial charge in [-0.05, 0) is 41.4 Å². The predicted octanol–water partition coefficient (Wildman–Crippen LogP) is 2.86. The molecule has 0 N–H and O–H groups in total. The van der Waals surface area contributed by atoms with Crippen LogP contribution in [-0.2, 0) is 4.74 Å². The number of aryl methyl sites for hydroxylation is 1. The highest BCUT2D eigenvalue weighted by Gasteiger charge is 2.09. The van der Waals surface area contributed by atoms with Crippen LogP contribution in [0.1, 0.15) is 24.3 Å². The van der Waals surface area contributed by atoms with Crippen molar-refractivity contribution in [3.63, 3.8) is 0 Å². The molecule has 1 unspecified atom stereocenters. The summed E-state index contributed by atoms with van der Waals surface area (Å²) in [5, 5.41) is 0. The number of rotatable bonds is 2. The first-order valence-electron chi connectivity index (χ1n) is 3.80. The molecule has 1 aromatic rings. The second-order valence-corrected chi connectivity index (χ2v) is 3.61. The summed E-state index contributed by atoms with van der Waals surface area (Å²) in [6.45, 7) is 3.99. The highest BCUT2D eigenvalue weighted by molar-refractivity contribution is 9.10. The Morgan fingerprint density at radius 1 is 1.58 bits per heavy atom. The lowest BCUT2D eigenvalue weighted by molar-refractivity contribution is 0.115. The van der Waals surface area contributed by atoms with Crippen molar-refractivity contribution in [1.29, 1.82) is 0 Å². The van der Waals surface area contributed by atoms with E-state index in [9.17, 15) is 0 Å². The maximum absolute atomic E-state index is 5.16. The Hall–Kier alpha value is -0.410. The van der Waals surface area contributed by atoms with Crippen LogP contribution in [0.15, 0.2) is 16.7 Å². The number of pyridine rings is 1. The van der Waals surface area contributed by atoms with Gasteiger partial charge >= 0.3 is 0 Å². The lowest BCUT2D eigenvalue weighted by Crippen LogP contribution is -2.00. The first-order chi connectivity index (χ1) is 5.65. The smallest absolute Gasteiger partial charge is 0.0974 e. The van der Waals surface area contributed by atoms with Gasteiger partial charge < -0.3 is 4.74 Å². The van der Waals surface area contributed by atoms with E-state index in [2.05, 4.69) is 20.9 Å². The van der Waals surface area contributed by atoms with Gasteiger partial charge in [-0.15, -0.1) is 0 Å². The molecule has 0 aliphatic heterocycles. The van der Waals surface area contributed by atoms with E-state index in [1.807, 2.05) is 26.1 Å². The molecule has 3 heteroatoms. The third kappa shape index (κ3) is 2.05. The summed E-state index contributed by atoms with van der Waals surface area (Å²) in [6.07, 6.45) is 1.88. The summed E-state index contributed by atoms with van der Waals surface area (Å²) >= 11 is 3.45. The van der Waals surface area contributed by atoms with Crippen LogP contribution in [0.25, 0.3) is 0 Å². The number of hydrogen-bond acceptors (Lipinski definition) is 2. The zero-order valence-electron chi connectivity index (χ0n) is 7.47. The molecule has 0 radical (unpaired) electrons. The molecule has 0 saturated heterocycles. The zero-order valence-corrected chi connectivity index (χ0v) is 9.05. The molecule has 1 rings (SSSR count). The molecule has 0 saturated carbocycles. The molecular weight excluding hydrogens is 218 g/mol. The summed E-state index contributed by atoms with van der Waals surface area (Å²) in [5.41, 5.74) is 2.09. The molecular formula is C9H12BrNO. The Morgan fingerprint density at radius 2 is 2.25 bits per heavy atom. The maximum atomic E-state index is 5.16. The van der Waals surface area contributed by atoms with Crippen molar-refractivity contribution in [3.05, 3.63) is 28.0 Å².